The lowest BCUT2D eigenvalue weighted by molar-refractivity contribution is -0.137. The van der Waals surface area contributed by atoms with Crippen molar-refractivity contribution in [2.45, 2.75) is 32.2 Å². The first-order valence-corrected chi connectivity index (χ1v) is 7.09. The van der Waals surface area contributed by atoms with Gasteiger partial charge in [-0.1, -0.05) is 6.07 Å². The molecule has 0 aromatic heterocycles. The number of halogens is 3. The van der Waals surface area contributed by atoms with E-state index in [4.69, 9.17) is 5.11 Å². The molecule has 1 aromatic rings. The van der Waals surface area contributed by atoms with Crippen LogP contribution in [-0.2, 0) is 12.8 Å². The van der Waals surface area contributed by atoms with E-state index in [2.05, 4.69) is 4.90 Å². The van der Waals surface area contributed by atoms with Gasteiger partial charge in [-0.25, -0.2) is 0 Å². The molecule has 0 spiro atoms. The molecule has 0 saturated carbocycles. The van der Waals surface area contributed by atoms with Crippen LogP contribution in [0.4, 0.5) is 18.9 Å². The summed E-state index contributed by atoms with van der Waals surface area (Å²) in [5, 5.41) is 9.07. The molecule has 1 fully saturated rings. The van der Waals surface area contributed by atoms with Crippen LogP contribution in [0.2, 0.25) is 0 Å². The molecule has 1 aromatic carbocycles. The Morgan fingerprint density at radius 2 is 2.00 bits per heavy atom. The zero-order valence-electron chi connectivity index (χ0n) is 12.3. The molecule has 6 heteroatoms. The number of aliphatic hydroxyl groups is 1. The zero-order valence-corrected chi connectivity index (χ0v) is 12.3. The molecule has 1 N–H and O–H groups in total. The second kappa shape index (κ2) is 6.23. The Labute approximate surface area is 123 Å². The maximum Gasteiger partial charge on any atom is 0.418 e. The minimum Gasteiger partial charge on any atom is -0.392 e. The third-order valence-electron chi connectivity index (χ3n) is 3.91. The largest absolute Gasteiger partial charge is 0.418 e. The second-order valence-electron chi connectivity index (χ2n) is 5.67. The molecule has 1 saturated heterocycles. The number of likely N-dealkylation sites (N-methyl/N-ethyl adjacent to an activating group) is 1. The predicted octanol–water partition coefficient (Wildman–Crippen LogP) is 2.73. The van der Waals surface area contributed by atoms with Gasteiger partial charge in [-0.15, -0.1) is 0 Å². The SMILES string of the molecule is CC1CN(C)CCCN1c1ccc(CO)cc1C(F)(F)F. The first-order chi connectivity index (χ1) is 9.82. The van der Waals surface area contributed by atoms with Crippen molar-refractivity contribution in [3.05, 3.63) is 29.3 Å². The lowest BCUT2D eigenvalue weighted by Gasteiger charge is -2.32. The smallest absolute Gasteiger partial charge is 0.392 e. The lowest BCUT2D eigenvalue weighted by Crippen LogP contribution is -2.39. The third-order valence-corrected chi connectivity index (χ3v) is 3.91. The Morgan fingerprint density at radius 3 is 2.62 bits per heavy atom. The lowest BCUT2D eigenvalue weighted by atomic mass is 10.1. The van der Waals surface area contributed by atoms with E-state index in [1.165, 1.54) is 6.07 Å². The topological polar surface area (TPSA) is 26.7 Å². The fraction of sp³-hybridized carbons (Fsp3) is 0.600. The van der Waals surface area contributed by atoms with E-state index in [0.717, 1.165) is 25.6 Å². The molecule has 0 aliphatic carbocycles. The van der Waals surface area contributed by atoms with E-state index in [1.54, 1.807) is 6.07 Å². The maximum atomic E-state index is 13.3. The van der Waals surface area contributed by atoms with Crippen LogP contribution in [0.1, 0.15) is 24.5 Å². The number of benzene rings is 1. The van der Waals surface area contributed by atoms with Crippen LogP contribution >= 0.6 is 0 Å². The summed E-state index contributed by atoms with van der Waals surface area (Å²) < 4.78 is 39.9. The van der Waals surface area contributed by atoms with Crippen molar-refractivity contribution < 1.29 is 18.3 Å². The molecule has 0 amide bonds. The number of anilines is 1. The second-order valence-corrected chi connectivity index (χ2v) is 5.67. The Balaban J connectivity index is 2.42. The molecule has 1 atom stereocenters. The van der Waals surface area contributed by atoms with E-state index >= 15 is 0 Å². The van der Waals surface area contributed by atoms with E-state index in [1.807, 2.05) is 18.9 Å². The van der Waals surface area contributed by atoms with E-state index < -0.39 is 11.7 Å². The molecule has 0 bridgehead atoms. The Bertz CT molecular complexity index is 490. The summed E-state index contributed by atoms with van der Waals surface area (Å²) in [5.74, 6) is 0. The van der Waals surface area contributed by atoms with E-state index in [-0.39, 0.29) is 23.9 Å². The number of aliphatic hydroxyl groups excluding tert-OH is 1. The van der Waals surface area contributed by atoms with Crippen molar-refractivity contribution in [2.24, 2.45) is 0 Å². The Kier molecular flexibility index (Phi) is 4.78. The molecule has 1 aliphatic heterocycles. The highest BCUT2D eigenvalue weighted by Crippen LogP contribution is 2.38. The molecule has 1 unspecified atom stereocenters. The van der Waals surface area contributed by atoms with Gasteiger partial charge in [-0.05, 0) is 44.6 Å². The van der Waals surface area contributed by atoms with Gasteiger partial charge < -0.3 is 14.9 Å². The summed E-state index contributed by atoms with van der Waals surface area (Å²) >= 11 is 0. The van der Waals surface area contributed by atoms with Gasteiger partial charge in [0.1, 0.15) is 0 Å². The number of hydrogen-bond donors (Lipinski definition) is 1. The number of alkyl halides is 3. The monoisotopic (exact) mass is 302 g/mol. The standard InChI is InChI=1S/C15H21F3N2O/c1-11-9-19(2)6-3-7-20(11)14-5-4-12(10-21)8-13(14)15(16,17)18/h4-5,8,11,21H,3,6-7,9-10H2,1-2H3. The summed E-state index contributed by atoms with van der Waals surface area (Å²) in [4.78, 5) is 3.97. The van der Waals surface area contributed by atoms with Crippen LogP contribution in [0, 0.1) is 0 Å². The quantitative estimate of drug-likeness (QED) is 0.910. The normalized spacial score (nSPS) is 21.4. The zero-order chi connectivity index (χ0) is 15.6. The van der Waals surface area contributed by atoms with Crippen LogP contribution in [0.15, 0.2) is 18.2 Å². The van der Waals surface area contributed by atoms with Crippen molar-refractivity contribution >= 4 is 5.69 Å². The molecule has 3 nitrogen and oxygen atoms in total. The number of rotatable bonds is 2. The fourth-order valence-corrected chi connectivity index (χ4v) is 2.89. The minimum absolute atomic E-state index is 0.0126. The number of nitrogens with zero attached hydrogens (tertiary/aromatic N) is 2. The number of hydrogen-bond acceptors (Lipinski definition) is 3. The predicted molar refractivity (Wildman–Crippen MR) is 76.3 cm³/mol. The van der Waals surface area contributed by atoms with Crippen LogP contribution < -0.4 is 4.90 Å². The summed E-state index contributed by atoms with van der Waals surface area (Å²) in [6.07, 6.45) is -3.58. The van der Waals surface area contributed by atoms with Crippen molar-refractivity contribution in [1.29, 1.82) is 0 Å². The van der Waals surface area contributed by atoms with Crippen LogP contribution in [-0.4, -0.2) is 42.7 Å². The summed E-state index contributed by atoms with van der Waals surface area (Å²) in [6.45, 7) is 3.78. The Hall–Kier alpha value is -1.27. The van der Waals surface area contributed by atoms with Gasteiger partial charge in [0.2, 0.25) is 0 Å². The Morgan fingerprint density at radius 1 is 1.29 bits per heavy atom. The van der Waals surface area contributed by atoms with Crippen LogP contribution in [0.5, 0.6) is 0 Å². The van der Waals surface area contributed by atoms with E-state index in [9.17, 15) is 13.2 Å². The van der Waals surface area contributed by atoms with Crippen LogP contribution in [0.3, 0.4) is 0 Å². The molecular weight excluding hydrogens is 281 g/mol. The minimum atomic E-state index is -4.42. The molecular formula is C15H21F3N2O. The molecule has 1 aliphatic rings. The summed E-state index contributed by atoms with van der Waals surface area (Å²) in [5.41, 5.74) is -0.168. The van der Waals surface area contributed by atoms with Crippen molar-refractivity contribution in [1.82, 2.24) is 4.90 Å². The average Bonchev–Trinajstić information content (AvgIpc) is 2.57. The van der Waals surface area contributed by atoms with Gasteiger partial charge in [0.05, 0.1) is 12.2 Å². The van der Waals surface area contributed by atoms with Gasteiger partial charge in [-0.2, -0.15) is 13.2 Å². The summed E-state index contributed by atoms with van der Waals surface area (Å²) in [7, 11) is 1.99. The highest BCUT2D eigenvalue weighted by molar-refractivity contribution is 5.57. The van der Waals surface area contributed by atoms with Gasteiger partial charge in [-0.3, -0.25) is 0 Å². The highest BCUT2D eigenvalue weighted by Gasteiger charge is 2.36. The van der Waals surface area contributed by atoms with Crippen molar-refractivity contribution in [2.75, 3.05) is 31.6 Å². The summed E-state index contributed by atoms with van der Waals surface area (Å²) in [6, 6.07) is 4.11. The maximum absolute atomic E-state index is 13.3. The molecule has 118 valence electrons. The van der Waals surface area contributed by atoms with Gasteiger partial charge in [0, 0.05) is 24.8 Å². The highest BCUT2D eigenvalue weighted by atomic mass is 19.4. The van der Waals surface area contributed by atoms with E-state index in [0.29, 0.717) is 6.54 Å². The van der Waals surface area contributed by atoms with Crippen LogP contribution in [0.25, 0.3) is 0 Å². The van der Waals surface area contributed by atoms with Gasteiger partial charge in [0.25, 0.3) is 0 Å². The van der Waals surface area contributed by atoms with Gasteiger partial charge >= 0.3 is 6.18 Å². The van der Waals surface area contributed by atoms with Crippen molar-refractivity contribution in [3.8, 4) is 0 Å². The first kappa shape index (κ1) is 16.1. The van der Waals surface area contributed by atoms with Gasteiger partial charge in [0.15, 0.2) is 0 Å². The fourth-order valence-electron chi connectivity index (χ4n) is 2.89. The molecule has 1 heterocycles. The van der Waals surface area contributed by atoms with Crippen molar-refractivity contribution in [3.63, 3.8) is 0 Å². The third kappa shape index (κ3) is 3.68. The molecule has 21 heavy (non-hydrogen) atoms. The molecule has 0 radical (unpaired) electrons. The molecule has 2 rings (SSSR count). The average molecular weight is 302 g/mol. The first-order valence-electron chi connectivity index (χ1n) is 7.09.